The molecule has 0 amide bonds. The van der Waals surface area contributed by atoms with Crippen molar-refractivity contribution in [3.8, 4) is 17.2 Å². The Morgan fingerprint density at radius 1 is 0.775 bits per heavy atom. The first-order valence-electron chi connectivity index (χ1n) is 12.6. The highest BCUT2D eigenvalue weighted by molar-refractivity contribution is 7.80. The van der Waals surface area contributed by atoms with Crippen LogP contribution in [0.4, 0.5) is 18.9 Å². The van der Waals surface area contributed by atoms with E-state index in [9.17, 15) is 13.2 Å². The van der Waals surface area contributed by atoms with Crippen LogP contribution in [0.2, 0.25) is 0 Å². The topological polar surface area (TPSA) is 42.3 Å². The second-order valence-corrected chi connectivity index (χ2v) is 9.64. The molecule has 0 spiro atoms. The number of aromatic nitrogens is 2. The van der Waals surface area contributed by atoms with Gasteiger partial charge in [-0.3, -0.25) is 4.98 Å². The Morgan fingerprint density at radius 2 is 1.52 bits per heavy atom. The van der Waals surface area contributed by atoms with E-state index in [1.165, 1.54) is 6.07 Å². The number of nitrogens with zero attached hydrogens (tertiary/aromatic N) is 3. The number of anilines is 1. The van der Waals surface area contributed by atoms with Gasteiger partial charge in [-0.15, -0.1) is 0 Å². The Balaban J connectivity index is 1.41. The molecule has 1 fully saturated rings. The lowest BCUT2D eigenvalue weighted by Gasteiger charge is -2.29. The summed E-state index contributed by atoms with van der Waals surface area (Å²) in [5.74, 6) is 1.39. The highest BCUT2D eigenvalue weighted by atomic mass is 32.1. The Hall–Kier alpha value is -4.63. The van der Waals surface area contributed by atoms with Crippen LogP contribution in [0.25, 0.3) is 5.69 Å². The van der Waals surface area contributed by atoms with Crippen LogP contribution in [0.3, 0.4) is 0 Å². The smallest absolute Gasteiger partial charge is 0.416 e. The van der Waals surface area contributed by atoms with E-state index in [0.717, 1.165) is 35.0 Å². The van der Waals surface area contributed by atoms with Crippen LogP contribution in [0.1, 0.15) is 29.0 Å². The SMILES string of the molecule is FC(F)(F)c1cccc(-n2cccc2[C@H]2[C@@H](c3ccccn3)NC(=S)N2c2ccc(Oc3ccccc3)cc2)c1. The minimum Gasteiger partial charge on any atom is -0.457 e. The molecular formula is C31H23F3N4OS. The van der Waals surface area contributed by atoms with E-state index in [-0.39, 0.29) is 6.04 Å². The number of rotatable bonds is 6. The standard InChI is InChI=1S/C31H23F3N4OS/c32-31(33,34)21-8-6-9-23(20-21)37-19-7-13-27(37)29-28(26-12-4-5-18-35-26)36-30(40)38(29)22-14-16-25(17-15-22)39-24-10-2-1-3-11-24/h1-20,28-29H,(H,36,40)/t28-,29+/m1/s1. The first-order chi connectivity index (χ1) is 19.4. The molecule has 1 aliphatic heterocycles. The summed E-state index contributed by atoms with van der Waals surface area (Å²) in [5, 5.41) is 3.88. The van der Waals surface area contributed by atoms with Crippen LogP contribution in [0.15, 0.2) is 122 Å². The van der Waals surface area contributed by atoms with Crippen LogP contribution < -0.4 is 15.0 Å². The fourth-order valence-corrected chi connectivity index (χ4v) is 5.28. The van der Waals surface area contributed by atoms with E-state index in [4.69, 9.17) is 17.0 Å². The molecule has 5 aromatic rings. The fraction of sp³-hybridized carbons (Fsp3) is 0.0968. The van der Waals surface area contributed by atoms with Crippen LogP contribution >= 0.6 is 12.2 Å². The molecule has 1 saturated heterocycles. The third-order valence-corrected chi connectivity index (χ3v) is 7.04. The minimum absolute atomic E-state index is 0.353. The number of alkyl halides is 3. The molecule has 3 heterocycles. The largest absolute Gasteiger partial charge is 0.457 e. The molecular weight excluding hydrogens is 533 g/mol. The summed E-state index contributed by atoms with van der Waals surface area (Å²) >= 11 is 5.82. The highest BCUT2D eigenvalue weighted by Gasteiger charge is 2.42. The summed E-state index contributed by atoms with van der Waals surface area (Å²) in [5.41, 5.74) is 2.01. The zero-order chi connectivity index (χ0) is 27.7. The van der Waals surface area contributed by atoms with Gasteiger partial charge in [0, 0.05) is 29.5 Å². The van der Waals surface area contributed by atoms with Gasteiger partial charge in [-0.25, -0.2) is 0 Å². The Bertz CT molecular complexity index is 1620. The van der Waals surface area contributed by atoms with E-state index in [1.54, 1.807) is 23.0 Å². The summed E-state index contributed by atoms with van der Waals surface area (Å²) in [6.45, 7) is 0. The lowest BCUT2D eigenvalue weighted by atomic mass is 10.0. The first-order valence-corrected chi connectivity index (χ1v) is 13.0. The quantitative estimate of drug-likeness (QED) is 0.216. The number of pyridine rings is 1. The van der Waals surface area contributed by atoms with Crippen molar-refractivity contribution < 1.29 is 17.9 Å². The van der Waals surface area contributed by atoms with Crippen molar-refractivity contribution in [3.63, 3.8) is 0 Å². The molecule has 1 N–H and O–H groups in total. The average molecular weight is 557 g/mol. The van der Waals surface area contributed by atoms with Gasteiger partial charge in [-0.2, -0.15) is 13.2 Å². The van der Waals surface area contributed by atoms with Gasteiger partial charge >= 0.3 is 6.18 Å². The molecule has 9 heteroatoms. The monoisotopic (exact) mass is 556 g/mol. The maximum Gasteiger partial charge on any atom is 0.416 e. The van der Waals surface area contributed by atoms with Crippen LogP contribution in [0.5, 0.6) is 11.5 Å². The first kappa shape index (κ1) is 25.6. The van der Waals surface area contributed by atoms with Crippen molar-refractivity contribution in [2.45, 2.75) is 18.3 Å². The summed E-state index contributed by atoms with van der Waals surface area (Å²) in [4.78, 5) is 6.54. The zero-order valence-electron chi connectivity index (χ0n) is 21.0. The van der Waals surface area contributed by atoms with E-state index < -0.39 is 17.8 Å². The van der Waals surface area contributed by atoms with E-state index in [2.05, 4.69) is 10.3 Å². The van der Waals surface area contributed by atoms with Gasteiger partial charge in [-0.1, -0.05) is 30.3 Å². The molecule has 1 aliphatic rings. The molecule has 40 heavy (non-hydrogen) atoms. The molecule has 200 valence electrons. The minimum atomic E-state index is -4.45. The van der Waals surface area contributed by atoms with Gasteiger partial charge < -0.3 is 19.5 Å². The lowest BCUT2D eigenvalue weighted by Crippen LogP contribution is -2.30. The van der Waals surface area contributed by atoms with Crippen molar-refractivity contribution >= 4 is 23.0 Å². The van der Waals surface area contributed by atoms with Crippen molar-refractivity contribution in [3.05, 3.63) is 139 Å². The van der Waals surface area contributed by atoms with Crippen molar-refractivity contribution in [2.24, 2.45) is 0 Å². The second-order valence-electron chi connectivity index (χ2n) is 9.26. The molecule has 2 atom stereocenters. The lowest BCUT2D eigenvalue weighted by molar-refractivity contribution is -0.137. The van der Waals surface area contributed by atoms with E-state index >= 15 is 0 Å². The summed E-state index contributed by atoms with van der Waals surface area (Å²) in [6.07, 6.45) is -0.982. The fourth-order valence-electron chi connectivity index (χ4n) is 4.94. The molecule has 2 aromatic heterocycles. The van der Waals surface area contributed by atoms with Crippen molar-refractivity contribution in [1.29, 1.82) is 0 Å². The van der Waals surface area contributed by atoms with Crippen LogP contribution in [0, 0.1) is 0 Å². The number of nitrogens with one attached hydrogen (secondary N) is 1. The summed E-state index contributed by atoms with van der Waals surface area (Å²) < 4.78 is 48.3. The van der Waals surface area contributed by atoms with Crippen LogP contribution in [-0.2, 0) is 6.18 Å². The zero-order valence-corrected chi connectivity index (χ0v) is 21.8. The number of para-hydroxylation sites is 1. The Morgan fingerprint density at radius 3 is 2.25 bits per heavy atom. The second kappa shape index (κ2) is 10.5. The number of benzene rings is 3. The summed E-state index contributed by atoms with van der Waals surface area (Å²) in [6, 6.07) is 30.9. The molecule has 3 aromatic carbocycles. The third-order valence-electron chi connectivity index (χ3n) is 6.73. The van der Waals surface area contributed by atoms with Gasteiger partial charge in [0.2, 0.25) is 0 Å². The molecule has 0 bridgehead atoms. The number of ether oxygens (including phenoxy) is 1. The van der Waals surface area contributed by atoms with Crippen molar-refractivity contribution in [1.82, 2.24) is 14.9 Å². The number of hydrogen-bond donors (Lipinski definition) is 1. The van der Waals surface area contributed by atoms with Gasteiger partial charge in [0.25, 0.3) is 0 Å². The molecule has 0 unspecified atom stereocenters. The van der Waals surface area contributed by atoms with Crippen molar-refractivity contribution in [2.75, 3.05) is 4.90 Å². The Labute approximate surface area is 234 Å². The van der Waals surface area contributed by atoms with E-state index in [1.807, 2.05) is 89.8 Å². The maximum atomic E-state index is 13.5. The molecule has 0 aliphatic carbocycles. The van der Waals surface area contributed by atoms with Gasteiger partial charge in [0.05, 0.1) is 17.3 Å². The van der Waals surface area contributed by atoms with Gasteiger partial charge in [0.1, 0.15) is 17.5 Å². The van der Waals surface area contributed by atoms with Gasteiger partial charge in [0.15, 0.2) is 5.11 Å². The number of halogens is 3. The molecule has 6 rings (SSSR count). The third kappa shape index (κ3) is 5.03. The van der Waals surface area contributed by atoms with E-state index in [0.29, 0.717) is 16.5 Å². The summed E-state index contributed by atoms with van der Waals surface area (Å²) in [7, 11) is 0. The average Bonchev–Trinajstić information content (AvgIpc) is 3.59. The highest BCUT2D eigenvalue weighted by Crippen LogP contribution is 2.43. The normalized spacial score (nSPS) is 17.1. The Kier molecular flexibility index (Phi) is 6.73. The molecule has 0 saturated carbocycles. The van der Waals surface area contributed by atoms with Gasteiger partial charge in [-0.05, 0) is 91.1 Å². The molecule has 5 nitrogen and oxygen atoms in total. The predicted octanol–water partition coefficient (Wildman–Crippen LogP) is 7.86. The maximum absolute atomic E-state index is 13.5. The van der Waals surface area contributed by atoms with Crippen LogP contribution in [-0.4, -0.2) is 14.7 Å². The predicted molar refractivity (Wildman–Crippen MR) is 152 cm³/mol. The number of hydrogen-bond acceptors (Lipinski definition) is 3. The molecule has 0 radical (unpaired) electrons. The number of thiocarbonyl (C=S) groups is 1.